The molecule has 2 aliphatic heterocycles. The van der Waals surface area contributed by atoms with E-state index in [1.807, 2.05) is 13.8 Å². The summed E-state index contributed by atoms with van der Waals surface area (Å²) < 4.78 is 62.2. The average Bonchev–Trinajstić information content (AvgIpc) is 3.76. The van der Waals surface area contributed by atoms with Gasteiger partial charge in [0.05, 0.1) is 44.7 Å². The van der Waals surface area contributed by atoms with Crippen molar-refractivity contribution in [3.8, 4) is 41.2 Å². The minimum absolute atomic E-state index is 0.00119. The molecular weight excluding hydrogens is 684 g/mol. The first kappa shape index (κ1) is 35.7. The molecule has 280 valence electrons. The van der Waals surface area contributed by atoms with Crippen LogP contribution >= 0.6 is 0 Å². The molecule has 0 radical (unpaired) electrons. The van der Waals surface area contributed by atoms with E-state index in [1.54, 1.807) is 0 Å². The summed E-state index contributed by atoms with van der Waals surface area (Å²) in [6.45, 7) is 7.39. The molecule has 4 heterocycles. The zero-order valence-electron chi connectivity index (χ0n) is 30.3. The number of anilines is 1. The number of fused-ring (bicyclic) bond motifs is 3. The zero-order valence-corrected chi connectivity index (χ0v) is 30.3. The second-order valence-corrected chi connectivity index (χ2v) is 15.1. The van der Waals surface area contributed by atoms with Crippen molar-refractivity contribution in [3.05, 3.63) is 41.5 Å². The number of likely N-dealkylation sites (tertiary alicyclic amines) is 1. The number of aromatic hydroxyl groups is 1. The highest BCUT2D eigenvalue weighted by atomic mass is 19.1. The highest BCUT2D eigenvalue weighted by molar-refractivity contribution is 6.04. The van der Waals surface area contributed by atoms with E-state index in [0.717, 1.165) is 58.0 Å². The van der Waals surface area contributed by atoms with Gasteiger partial charge in [0.1, 0.15) is 34.0 Å². The first-order valence-corrected chi connectivity index (χ1v) is 18.5. The van der Waals surface area contributed by atoms with E-state index in [4.69, 9.17) is 35.1 Å². The third-order valence-electron chi connectivity index (χ3n) is 11.1. The Hall–Kier alpha value is -4.35. The largest absolute Gasteiger partial charge is 0.508 e. The molecule has 2 aromatic carbocycles. The van der Waals surface area contributed by atoms with Crippen LogP contribution in [0.4, 0.5) is 14.6 Å². The number of benzene rings is 2. The molecule has 13 heteroatoms. The van der Waals surface area contributed by atoms with Crippen molar-refractivity contribution >= 4 is 27.5 Å². The molecule has 0 amide bonds. The lowest BCUT2D eigenvalue weighted by atomic mass is 9.75. The number of phenols is 1. The van der Waals surface area contributed by atoms with Crippen molar-refractivity contribution in [2.45, 2.75) is 82.8 Å². The summed E-state index contributed by atoms with van der Waals surface area (Å²) in [6.07, 6.45) is 13.2. The third kappa shape index (κ3) is 6.94. The topological polar surface area (TPSA) is 120 Å². The van der Waals surface area contributed by atoms with E-state index in [2.05, 4.69) is 26.1 Å². The van der Waals surface area contributed by atoms with Gasteiger partial charge in [0.15, 0.2) is 11.6 Å². The maximum atomic E-state index is 17.1. The molecule has 3 unspecified atom stereocenters. The second-order valence-electron chi connectivity index (χ2n) is 15.1. The van der Waals surface area contributed by atoms with Crippen LogP contribution in [0, 0.1) is 29.4 Å². The number of hydrogen-bond acceptors (Lipinski definition) is 11. The van der Waals surface area contributed by atoms with Crippen LogP contribution in [0.15, 0.2) is 24.3 Å². The van der Waals surface area contributed by atoms with Crippen LogP contribution in [0.5, 0.6) is 17.6 Å². The van der Waals surface area contributed by atoms with Gasteiger partial charge < -0.3 is 34.1 Å². The molecular formula is C40H45F2N5O6. The van der Waals surface area contributed by atoms with Crippen LogP contribution in [-0.2, 0) is 14.2 Å². The predicted octanol–water partition coefficient (Wildman–Crippen LogP) is 6.57. The van der Waals surface area contributed by atoms with Crippen molar-refractivity contribution in [3.63, 3.8) is 0 Å². The van der Waals surface area contributed by atoms with Gasteiger partial charge >= 0.3 is 6.01 Å². The molecule has 0 spiro atoms. The van der Waals surface area contributed by atoms with Crippen molar-refractivity contribution < 1.29 is 37.6 Å². The van der Waals surface area contributed by atoms with E-state index < -0.39 is 17.4 Å². The molecule has 4 fully saturated rings. The minimum Gasteiger partial charge on any atom is -0.508 e. The fourth-order valence-corrected chi connectivity index (χ4v) is 8.58. The molecule has 2 saturated carbocycles. The summed E-state index contributed by atoms with van der Waals surface area (Å²) in [4.78, 5) is 16.5. The first-order valence-electron chi connectivity index (χ1n) is 18.5. The number of rotatable bonds is 12. The Morgan fingerprint density at radius 2 is 1.92 bits per heavy atom. The standard InChI is InChI=1S/C40H45F2N5O6/c1-5-27-29(41)12-9-23-18-24(48)19-28(31(23)27)34-33(42)35-32(37(44-34)49-4)36(43-15-17-50-25-10-11-25)46-38(45-35)51-22-40-13-6-8-30(40)47(16-7-14-40)20-26-21-52-39(2,3)53-26/h1,9,12,18-19,25-26,30,48H,6-8,10-11,13-17,20-22H2,2-4H3,(H,43,45,46). The summed E-state index contributed by atoms with van der Waals surface area (Å²) >= 11 is 0. The Morgan fingerprint density at radius 1 is 1.09 bits per heavy atom. The molecule has 3 atom stereocenters. The quantitative estimate of drug-likeness (QED) is 0.122. The number of phenolic OH excluding ortho intramolecular Hbond substituents is 1. The van der Waals surface area contributed by atoms with Gasteiger partial charge in [-0.25, -0.2) is 13.8 Å². The number of halogens is 2. The molecule has 8 rings (SSSR count). The number of methoxy groups -OCH3 is 1. The Kier molecular flexibility index (Phi) is 9.51. The summed E-state index contributed by atoms with van der Waals surface area (Å²) in [5.74, 6) is 0.455. The van der Waals surface area contributed by atoms with Crippen LogP contribution in [0.3, 0.4) is 0 Å². The molecule has 53 heavy (non-hydrogen) atoms. The number of ether oxygens (including phenoxy) is 5. The fraction of sp³-hybridized carbons (Fsp3) is 0.525. The number of aromatic nitrogens is 3. The first-order chi connectivity index (χ1) is 25.6. The zero-order chi connectivity index (χ0) is 36.9. The van der Waals surface area contributed by atoms with E-state index in [9.17, 15) is 9.50 Å². The average molecular weight is 730 g/mol. The second kappa shape index (κ2) is 14.1. The van der Waals surface area contributed by atoms with Crippen LogP contribution in [0.1, 0.15) is 64.4 Å². The van der Waals surface area contributed by atoms with E-state index in [1.165, 1.54) is 31.4 Å². The van der Waals surface area contributed by atoms with Gasteiger partial charge in [0.25, 0.3) is 0 Å². The molecule has 4 aliphatic rings. The molecule has 11 nitrogen and oxygen atoms in total. The molecule has 0 bridgehead atoms. The number of piperidine rings is 1. The van der Waals surface area contributed by atoms with Crippen LogP contribution in [0.2, 0.25) is 0 Å². The Bertz CT molecular complexity index is 2090. The maximum Gasteiger partial charge on any atom is 0.319 e. The van der Waals surface area contributed by atoms with E-state index in [-0.39, 0.29) is 74.2 Å². The Morgan fingerprint density at radius 3 is 2.68 bits per heavy atom. The predicted molar refractivity (Wildman–Crippen MR) is 195 cm³/mol. The number of nitrogens with zero attached hydrogens (tertiary/aromatic N) is 4. The van der Waals surface area contributed by atoms with Gasteiger partial charge in [-0.1, -0.05) is 18.4 Å². The molecule has 2 aliphatic carbocycles. The lowest BCUT2D eigenvalue weighted by Crippen LogP contribution is -2.54. The minimum atomic E-state index is -0.827. The van der Waals surface area contributed by atoms with Gasteiger partial charge in [-0.2, -0.15) is 9.97 Å². The third-order valence-corrected chi connectivity index (χ3v) is 11.1. The normalized spacial score (nSPS) is 24.0. The van der Waals surface area contributed by atoms with Crippen LogP contribution in [0.25, 0.3) is 32.9 Å². The monoisotopic (exact) mass is 729 g/mol. The molecule has 2 saturated heterocycles. The van der Waals surface area contributed by atoms with Crippen molar-refractivity contribution in [1.29, 1.82) is 0 Å². The summed E-state index contributed by atoms with van der Waals surface area (Å²) in [6, 6.07) is 5.73. The highest BCUT2D eigenvalue weighted by Gasteiger charge is 2.49. The van der Waals surface area contributed by atoms with Gasteiger partial charge in [-0.15, -0.1) is 6.42 Å². The van der Waals surface area contributed by atoms with Gasteiger partial charge in [0.2, 0.25) is 5.88 Å². The Balaban J connectivity index is 1.17. The van der Waals surface area contributed by atoms with E-state index in [0.29, 0.717) is 37.8 Å². The van der Waals surface area contributed by atoms with E-state index >= 15 is 4.39 Å². The SMILES string of the molecule is C#Cc1c(F)ccc2cc(O)cc(-c3nc(OC)c4c(NCCOC5CC5)nc(OCC56CCCC5N(CC5COC(C)(C)O5)CCC6)nc4c3F)c12. The lowest BCUT2D eigenvalue weighted by molar-refractivity contribution is -0.143. The Labute approximate surface area is 307 Å². The van der Waals surface area contributed by atoms with Crippen LogP contribution < -0.4 is 14.8 Å². The number of nitrogens with one attached hydrogen (secondary N) is 1. The van der Waals surface area contributed by atoms with Crippen molar-refractivity contribution in [1.82, 2.24) is 19.9 Å². The van der Waals surface area contributed by atoms with Gasteiger partial charge in [-0.05, 0) is 82.5 Å². The number of hydrogen-bond donors (Lipinski definition) is 2. The number of terminal acetylenes is 1. The van der Waals surface area contributed by atoms with Crippen LogP contribution in [-0.4, -0.2) is 95.6 Å². The van der Waals surface area contributed by atoms with Crippen molar-refractivity contribution in [2.75, 3.05) is 51.9 Å². The molecule has 4 aromatic rings. The summed E-state index contributed by atoms with van der Waals surface area (Å²) in [7, 11) is 1.42. The highest BCUT2D eigenvalue weighted by Crippen LogP contribution is 2.49. The summed E-state index contributed by atoms with van der Waals surface area (Å²) in [5.41, 5.74) is -0.445. The maximum absolute atomic E-state index is 17.1. The van der Waals surface area contributed by atoms with Gasteiger partial charge in [0, 0.05) is 35.5 Å². The fourth-order valence-electron chi connectivity index (χ4n) is 8.58. The lowest BCUT2D eigenvalue weighted by Gasteiger charge is -2.46. The smallest absolute Gasteiger partial charge is 0.319 e. The summed E-state index contributed by atoms with van der Waals surface area (Å²) in [5, 5.41) is 14.8. The van der Waals surface area contributed by atoms with Gasteiger partial charge in [-0.3, -0.25) is 4.90 Å². The number of pyridine rings is 1. The molecule has 2 aromatic heterocycles. The van der Waals surface area contributed by atoms with Crippen molar-refractivity contribution in [2.24, 2.45) is 5.41 Å². The molecule has 2 N–H and O–H groups in total.